The summed E-state index contributed by atoms with van der Waals surface area (Å²) in [6.07, 6.45) is 1.47. The summed E-state index contributed by atoms with van der Waals surface area (Å²) in [4.78, 5) is 38.3. The van der Waals surface area contributed by atoms with Gasteiger partial charge in [-0.3, -0.25) is 14.9 Å². The zero-order valence-corrected chi connectivity index (χ0v) is 13.6. The third-order valence-electron chi connectivity index (χ3n) is 3.35. The molecule has 1 aromatic carbocycles. The van der Waals surface area contributed by atoms with Crippen molar-refractivity contribution in [1.82, 2.24) is 5.32 Å². The number of carbonyl (C=O) groups is 3. The number of barbiturate groups is 1. The molecule has 0 atom stereocenters. The van der Waals surface area contributed by atoms with E-state index in [0.717, 1.165) is 15.3 Å². The Morgan fingerprint density at radius 2 is 2.00 bits per heavy atom. The van der Waals surface area contributed by atoms with Crippen LogP contribution in [-0.2, 0) is 9.59 Å². The number of hydrogen-bond donors (Lipinski definition) is 1. The van der Waals surface area contributed by atoms with Crippen molar-refractivity contribution in [3.8, 4) is 0 Å². The number of thiophene rings is 1. The lowest BCUT2D eigenvalue weighted by molar-refractivity contribution is -0.122. The van der Waals surface area contributed by atoms with Gasteiger partial charge in [-0.1, -0.05) is 23.7 Å². The number of aryl methyl sites for hydroxylation is 1. The third-order valence-corrected chi connectivity index (χ3v) is 4.57. The average molecular weight is 347 g/mol. The van der Waals surface area contributed by atoms with Gasteiger partial charge in [-0.2, -0.15) is 0 Å². The molecule has 1 fully saturated rings. The lowest BCUT2D eigenvalue weighted by Crippen LogP contribution is -2.54. The second kappa shape index (κ2) is 5.98. The van der Waals surface area contributed by atoms with Crippen molar-refractivity contribution in [3.63, 3.8) is 0 Å². The first kappa shape index (κ1) is 15.5. The minimum atomic E-state index is -0.789. The van der Waals surface area contributed by atoms with E-state index < -0.39 is 17.8 Å². The van der Waals surface area contributed by atoms with Gasteiger partial charge in [-0.15, -0.1) is 11.3 Å². The Kier molecular flexibility index (Phi) is 4.02. The summed E-state index contributed by atoms with van der Waals surface area (Å²) in [6.45, 7) is 1.82. The molecular weight excluding hydrogens is 336 g/mol. The third kappa shape index (κ3) is 2.91. The predicted molar refractivity (Wildman–Crippen MR) is 89.5 cm³/mol. The van der Waals surface area contributed by atoms with Gasteiger partial charge < -0.3 is 0 Å². The van der Waals surface area contributed by atoms with Crippen LogP contribution in [0.5, 0.6) is 0 Å². The Labute approximate surface area is 141 Å². The number of nitrogens with zero attached hydrogens (tertiary/aromatic N) is 1. The Balaban J connectivity index is 2.03. The van der Waals surface area contributed by atoms with Crippen molar-refractivity contribution < 1.29 is 14.4 Å². The topological polar surface area (TPSA) is 66.5 Å². The number of benzene rings is 1. The fourth-order valence-electron chi connectivity index (χ4n) is 2.13. The zero-order valence-electron chi connectivity index (χ0n) is 12.0. The normalized spacial score (nSPS) is 16.9. The van der Waals surface area contributed by atoms with Crippen LogP contribution in [0.15, 0.2) is 41.3 Å². The number of rotatable bonds is 2. The maximum atomic E-state index is 12.6. The molecule has 2 aromatic rings. The van der Waals surface area contributed by atoms with E-state index in [1.54, 1.807) is 18.2 Å². The summed E-state index contributed by atoms with van der Waals surface area (Å²) in [5, 5.41) is 4.44. The molecule has 1 aliphatic heterocycles. The van der Waals surface area contributed by atoms with Crippen LogP contribution in [0.4, 0.5) is 10.5 Å². The molecule has 1 N–H and O–H groups in total. The van der Waals surface area contributed by atoms with Gasteiger partial charge in [-0.25, -0.2) is 9.69 Å². The molecule has 0 aliphatic carbocycles. The van der Waals surface area contributed by atoms with E-state index in [-0.39, 0.29) is 5.57 Å². The highest BCUT2D eigenvalue weighted by Gasteiger charge is 2.36. The fraction of sp³-hybridized carbons (Fsp3) is 0.0625. The standard InChI is InChI=1S/C16H11ClN2O3S/c1-9-4-5-10(7-13(9)17)19-15(21)12(14(20)18-16(19)22)8-11-3-2-6-23-11/h2-8H,1H3,(H,18,20,22). The zero-order chi connectivity index (χ0) is 16.6. The highest BCUT2D eigenvalue weighted by molar-refractivity contribution is 7.10. The Morgan fingerprint density at radius 1 is 1.22 bits per heavy atom. The first-order valence-corrected chi connectivity index (χ1v) is 7.94. The number of urea groups is 1. The lowest BCUT2D eigenvalue weighted by Gasteiger charge is -2.26. The molecule has 0 radical (unpaired) electrons. The maximum absolute atomic E-state index is 12.6. The van der Waals surface area contributed by atoms with Crippen LogP contribution in [-0.4, -0.2) is 17.8 Å². The molecule has 116 valence electrons. The van der Waals surface area contributed by atoms with E-state index in [9.17, 15) is 14.4 Å². The molecule has 1 aliphatic rings. The number of carbonyl (C=O) groups excluding carboxylic acids is 3. The molecule has 1 saturated heterocycles. The van der Waals surface area contributed by atoms with Crippen molar-refractivity contribution in [3.05, 3.63) is 56.7 Å². The van der Waals surface area contributed by atoms with Crippen LogP contribution in [0, 0.1) is 6.92 Å². The van der Waals surface area contributed by atoms with E-state index in [2.05, 4.69) is 5.32 Å². The number of hydrogen-bond acceptors (Lipinski definition) is 4. The van der Waals surface area contributed by atoms with E-state index in [0.29, 0.717) is 10.7 Å². The molecule has 0 spiro atoms. The van der Waals surface area contributed by atoms with Gasteiger partial charge in [-0.05, 0) is 42.1 Å². The number of amides is 4. The van der Waals surface area contributed by atoms with Gasteiger partial charge in [0.15, 0.2) is 0 Å². The van der Waals surface area contributed by atoms with Gasteiger partial charge in [0, 0.05) is 9.90 Å². The summed E-state index contributed by atoms with van der Waals surface area (Å²) < 4.78 is 0. The van der Waals surface area contributed by atoms with Crippen molar-refractivity contribution in [2.24, 2.45) is 0 Å². The van der Waals surface area contributed by atoms with Crippen LogP contribution in [0.3, 0.4) is 0 Å². The first-order chi connectivity index (χ1) is 11.0. The molecule has 23 heavy (non-hydrogen) atoms. The van der Waals surface area contributed by atoms with Crippen LogP contribution >= 0.6 is 22.9 Å². The number of halogens is 1. The van der Waals surface area contributed by atoms with Crippen molar-refractivity contribution in [2.75, 3.05) is 4.90 Å². The Bertz CT molecular complexity index is 843. The molecular formula is C16H11ClN2O3S. The van der Waals surface area contributed by atoms with Crippen molar-refractivity contribution in [1.29, 1.82) is 0 Å². The minimum Gasteiger partial charge on any atom is -0.273 e. The minimum absolute atomic E-state index is 0.0938. The van der Waals surface area contributed by atoms with E-state index in [1.807, 2.05) is 18.4 Å². The second-order valence-electron chi connectivity index (χ2n) is 4.91. The van der Waals surface area contributed by atoms with Gasteiger partial charge in [0.05, 0.1) is 5.69 Å². The smallest absolute Gasteiger partial charge is 0.273 e. The van der Waals surface area contributed by atoms with E-state index in [4.69, 9.17) is 11.6 Å². The summed E-state index contributed by atoms with van der Waals surface area (Å²) >= 11 is 7.45. The molecule has 5 nitrogen and oxygen atoms in total. The van der Waals surface area contributed by atoms with Gasteiger partial charge >= 0.3 is 6.03 Å². The van der Waals surface area contributed by atoms with E-state index >= 15 is 0 Å². The summed E-state index contributed by atoms with van der Waals surface area (Å²) in [5.41, 5.74) is 1.04. The summed E-state index contributed by atoms with van der Waals surface area (Å²) in [6, 6.07) is 7.64. The van der Waals surface area contributed by atoms with Gasteiger partial charge in [0.25, 0.3) is 11.8 Å². The van der Waals surface area contributed by atoms with Gasteiger partial charge in [0.2, 0.25) is 0 Å². The van der Waals surface area contributed by atoms with Crippen LogP contribution < -0.4 is 10.2 Å². The van der Waals surface area contributed by atoms with Crippen molar-refractivity contribution in [2.45, 2.75) is 6.92 Å². The second-order valence-corrected chi connectivity index (χ2v) is 6.29. The molecule has 1 aromatic heterocycles. The number of nitrogens with one attached hydrogen (secondary N) is 1. The number of imide groups is 2. The largest absolute Gasteiger partial charge is 0.335 e. The monoisotopic (exact) mass is 346 g/mol. The van der Waals surface area contributed by atoms with Crippen LogP contribution in [0.25, 0.3) is 6.08 Å². The fourth-order valence-corrected chi connectivity index (χ4v) is 2.96. The Hall–Kier alpha value is -2.44. The average Bonchev–Trinajstić information content (AvgIpc) is 3.00. The lowest BCUT2D eigenvalue weighted by atomic mass is 10.1. The maximum Gasteiger partial charge on any atom is 0.335 e. The molecule has 7 heteroatoms. The highest BCUT2D eigenvalue weighted by Crippen LogP contribution is 2.27. The first-order valence-electron chi connectivity index (χ1n) is 6.68. The quantitative estimate of drug-likeness (QED) is 0.669. The van der Waals surface area contributed by atoms with E-state index in [1.165, 1.54) is 23.5 Å². The van der Waals surface area contributed by atoms with Gasteiger partial charge in [0.1, 0.15) is 5.57 Å². The van der Waals surface area contributed by atoms with Crippen molar-refractivity contribution >= 4 is 52.5 Å². The Morgan fingerprint density at radius 3 is 2.65 bits per heavy atom. The molecule has 4 amide bonds. The van der Waals surface area contributed by atoms with Crippen LogP contribution in [0.1, 0.15) is 10.4 Å². The summed E-state index contributed by atoms with van der Waals surface area (Å²) in [5.74, 6) is -1.38. The highest BCUT2D eigenvalue weighted by atomic mass is 35.5. The summed E-state index contributed by atoms with van der Waals surface area (Å²) in [7, 11) is 0. The van der Waals surface area contributed by atoms with Crippen LogP contribution in [0.2, 0.25) is 5.02 Å². The SMILES string of the molecule is Cc1ccc(N2C(=O)NC(=O)C(=Cc3cccs3)C2=O)cc1Cl. The number of anilines is 1. The predicted octanol–water partition coefficient (Wildman–Crippen LogP) is 3.38. The molecule has 0 bridgehead atoms. The molecule has 2 heterocycles. The molecule has 3 rings (SSSR count). The molecule has 0 unspecified atom stereocenters. The molecule has 0 saturated carbocycles.